The maximum atomic E-state index is 12.3. The quantitative estimate of drug-likeness (QED) is 0.737. The number of hydrogen-bond donors (Lipinski definition) is 1. The molecule has 1 N–H and O–H groups in total. The summed E-state index contributed by atoms with van der Waals surface area (Å²) in [7, 11) is 0. The molecule has 1 fully saturated rings. The molecule has 4 rings (SSSR count). The van der Waals surface area contributed by atoms with Crippen molar-refractivity contribution in [3.05, 3.63) is 78.4 Å². The molecule has 1 saturated heterocycles. The van der Waals surface area contributed by atoms with Gasteiger partial charge in [0, 0.05) is 63.2 Å². The van der Waals surface area contributed by atoms with E-state index in [0.29, 0.717) is 18.1 Å². The molecular weight excluding hydrogens is 352 g/mol. The zero-order valence-corrected chi connectivity index (χ0v) is 15.5. The monoisotopic (exact) mass is 374 g/mol. The van der Waals surface area contributed by atoms with Crippen molar-refractivity contribution in [3.8, 4) is 0 Å². The van der Waals surface area contributed by atoms with Gasteiger partial charge in [-0.2, -0.15) is 0 Å². The first-order valence-electron chi connectivity index (χ1n) is 9.34. The number of anilines is 2. The van der Waals surface area contributed by atoms with E-state index in [-0.39, 0.29) is 5.91 Å². The Labute approximate surface area is 164 Å². The minimum absolute atomic E-state index is 0.183. The maximum Gasteiger partial charge on any atom is 0.254 e. The molecule has 2 aromatic heterocycles. The largest absolute Gasteiger partial charge is 0.368 e. The lowest BCUT2D eigenvalue weighted by atomic mass is 10.2. The van der Waals surface area contributed by atoms with Crippen molar-refractivity contribution in [2.75, 3.05) is 36.0 Å². The minimum atomic E-state index is -0.183. The van der Waals surface area contributed by atoms with Crippen LogP contribution < -0.4 is 15.1 Å². The van der Waals surface area contributed by atoms with E-state index in [4.69, 9.17) is 0 Å². The number of benzene rings is 1. The number of amides is 1. The van der Waals surface area contributed by atoms with Gasteiger partial charge in [0.05, 0.1) is 5.56 Å². The zero-order valence-electron chi connectivity index (χ0n) is 15.5. The Hall–Kier alpha value is -3.48. The highest BCUT2D eigenvalue weighted by molar-refractivity contribution is 5.93. The molecular formula is C21H22N6O. The summed E-state index contributed by atoms with van der Waals surface area (Å²) in [5.74, 6) is 0.482. The Morgan fingerprint density at radius 1 is 0.893 bits per heavy atom. The molecule has 1 aliphatic rings. The van der Waals surface area contributed by atoms with Crippen LogP contribution >= 0.6 is 0 Å². The van der Waals surface area contributed by atoms with Crippen LogP contribution in [0.4, 0.5) is 11.6 Å². The number of aromatic nitrogens is 3. The molecule has 3 aromatic rings. The highest BCUT2D eigenvalue weighted by atomic mass is 16.1. The van der Waals surface area contributed by atoms with Crippen LogP contribution in [0, 0.1) is 0 Å². The van der Waals surface area contributed by atoms with Crippen LogP contribution in [-0.2, 0) is 6.54 Å². The van der Waals surface area contributed by atoms with Crippen molar-refractivity contribution in [3.63, 3.8) is 0 Å². The van der Waals surface area contributed by atoms with E-state index >= 15 is 0 Å². The predicted octanol–water partition coefficient (Wildman–Crippen LogP) is 2.13. The highest BCUT2D eigenvalue weighted by Crippen LogP contribution is 2.17. The van der Waals surface area contributed by atoms with Gasteiger partial charge in [-0.25, -0.2) is 9.97 Å². The number of rotatable bonds is 5. The van der Waals surface area contributed by atoms with Crippen LogP contribution in [0.3, 0.4) is 0 Å². The van der Waals surface area contributed by atoms with Crippen LogP contribution in [0.2, 0.25) is 0 Å². The van der Waals surface area contributed by atoms with Gasteiger partial charge in [0.25, 0.3) is 5.91 Å². The molecule has 142 valence electrons. The standard InChI is InChI=1S/C21H22N6O/c28-20(23-14-17-6-8-22-9-7-17)18-15-24-21(25-16-18)27-12-10-26(11-13-27)19-4-2-1-3-5-19/h1-9,15-16H,10-14H2,(H,23,28). The van der Waals surface area contributed by atoms with E-state index in [1.165, 1.54) is 5.69 Å². The van der Waals surface area contributed by atoms with Gasteiger partial charge in [-0.15, -0.1) is 0 Å². The molecule has 0 atom stereocenters. The fourth-order valence-electron chi connectivity index (χ4n) is 3.19. The van der Waals surface area contributed by atoms with E-state index in [0.717, 1.165) is 31.7 Å². The molecule has 0 spiro atoms. The van der Waals surface area contributed by atoms with Crippen LogP contribution in [0.1, 0.15) is 15.9 Å². The lowest BCUT2D eigenvalue weighted by molar-refractivity contribution is 0.0950. The van der Waals surface area contributed by atoms with Crippen molar-refractivity contribution in [1.82, 2.24) is 20.3 Å². The van der Waals surface area contributed by atoms with Crippen molar-refractivity contribution >= 4 is 17.5 Å². The number of carbonyl (C=O) groups excluding carboxylic acids is 1. The van der Waals surface area contributed by atoms with Crippen molar-refractivity contribution in [2.24, 2.45) is 0 Å². The summed E-state index contributed by atoms with van der Waals surface area (Å²) in [6.45, 7) is 3.98. The zero-order chi connectivity index (χ0) is 19.2. The molecule has 1 aromatic carbocycles. The molecule has 0 bridgehead atoms. The molecule has 3 heterocycles. The number of para-hydroxylation sites is 1. The second-order valence-electron chi connectivity index (χ2n) is 6.62. The summed E-state index contributed by atoms with van der Waals surface area (Å²) in [5, 5.41) is 2.87. The van der Waals surface area contributed by atoms with Gasteiger partial charge in [-0.1, -0.05) is 18.2 Å². The maximum absolute atomic E-state index is 12.3. The van der Waals surface area contributed by atoms with Gasteiger partial charge >= 0.3 is 0 Å². The van der Waals surface area contributed by atoms with Gasteiger partial charge in [-0.05, 0) is 29.8 Å². The van der Waals surface area contributed by atoms with Gasteiger partial charge < -0.3 is 15.1 Å². The minimum Gasteiger partial charge on any atom is -0.368 e. The Kier molecular flexibility index (Phi) is 5.42. The van der Waals surface area contributed by atoms with Gasteiger partial charge in [0.2, 0.25) is 5.95 Å². The number of hydrogen-bond acceptors (Lipinski definition) is 6. The summed E-state index contributed by atoms with van der Waals surface area (Å²) >= 11 is 0. The lowest BCUT2D eigenvalue weighted by Crippen LogP contribution is -2.47. The molecule has 1 aliphatic heterocycles. The van der Waals surface area contributed by atoms with Gasteiger partial charge in [0.15, 0.2) is 0 Å². The summed E-state index contributed by atoms with van der Waals surface area (Å²) in [6, 6.07) is 14.1. The summed E-state index contributed by atoms with van der Waals surface area (Å²) in [4.78, 5) is 29.6. The van der Waals surface area contributed by atoms with Crippen molar-refractivity contribution in [1.29, 1.82) is 0 Å². The Bertz CT molecular complexity index is 893. The Morgan fingerprint density at radius 2 is 1.54 bits per heavy atom. The van der Waals surface area contributed by atoms with Crippen molar-refractivity contribution in [2.45, 2.75) is 6.54 Å². The molecule has 1 amide bonds. The van der Waals surface area contributed by atoms with Gasteiger partial charge in [0.1, 0.15) is 0 Å². The van der Waals surface area contributed by atoms with Crippen LogP contribution in [-0.4, -0.2) is 47.0 Å². The lowest BCUT2D eigenvalue weighted by Gasteiger charge is -2.36. The van der Waals surface area contributed by atoms with E-state index in [1.54, 1.807) is 24.8 Å². The number of pyridine rings is 1. The molecule has 0 saturated carbocycles. The Morgan fingerprint density at radius 3 is 2.21 bits per heavy atom. The van der Waals surface area contributed by atoms with E-state index in [2.05, 4.69) is 54.3 Å². The number of nitrogens with one attached hydrogen (secondary N) is 1. The molecule has 0 unspecified atom stereocenters. The van der Waals surface area contributed by atoms with E-state index in [1.807, 2.05) is 18.2 Å². The number of nitrogens with zero attached hydrogens (tertiary/aromatic N) is 5. The van der Waals surface area contributed by atoms with E-state index in [9.17, 15) is 4.79 Å². The average molecular weight is 374 g/mol. The third-order valence-electron chi connectivity index (χ3n) is 4.79. The first kappa shape index (κ1) is 17.9. The molecule has 0 radical (unpaired) electrons. The predicted molar refractivity (Wildman–Crippen MR) is 108 cm³/mol. The van der Waals surface area contributed by atoms with Crippen LogP contribution in [0.25, 0.3) is 0 Å². The summed E-state index contributed by atoms with van der Waals surface area (Å²) in [5.41, 5.74) is 2.70. The second-order valence-corrected chi connectivity index (χ2v) is 6.62. The second kappa shape index (κ2) is 8.47. The fraction of sp³-hybridized carbons (Fsp3) is 0.238. The third-order valence-corrected chi connectivity index (χ3v) is 4.79. The summed E-state index contributed by atoms with van der Waals surface area (Å²) < 4.78 is 0. The van der Waals surface area contributed by atoms with Gasteiger partial charge in [-0.3, -0.25) is 9.78 Å². The Balaban J connectivity index is 1.31. The fourth-order valence-corrected chi connectivity index (χ4v) is 3.19. The molecule has 0 aliphatic carbocycles. The van der Waals surface area contributed by atoms with Crippen molar-refractivity contribution < 1.29 is 4.79 Å². The van der Waals surface area contributed by atoms with Crippen LogP contribution in [0.15, 0.2) is 67.3 Å². The normalized spacial score (nSPS) is 14.0. The third kappa shape index (κ3) is 4.25. The van der Waals surface area contributed by atoms with Crippen LogP contribution in [0.5, 0.6) is 0 Å². The summed E-state index contributed by atoms with van der Waals surface area (Å²) in [6.07, 6.45) is 6.59. The SMILES string of the molecule is O=C(NCc1ccncc1)c1cnc(N2CCN(c3ccccc3)CC2)nc1. The molecule has 28 heavy (non-hydrogen) atoms. The van der Waals surface area contributed by atoms with E-state index < -0.39 is 0 Å². The first-order valence-corrected chi connectivity index (χ1v) is 9.34. The molecule has 7 nitrogen and oxygen atoms in total. The average Bonchev–Trinajstić information content (AvgIpc) is 2.79. The number of carbonyl (C=O) groups is 1. The smallest absolute Gasteiger partial charge is 0.254 e. The first-order chi connectivity index (χ1) is 13.8. The number of piperazine rings is 1. The topological polar surface area (TPSA) is 74.2 Å². The highest BCUT2D eigenvalue weighted by Gasteiger charge is 2.19. The molecule has 7 heteroatoms.